The van der Waals surface area contributed by atoms with Gasteiger partial charge in [-0.25, -0.2) is 8.78 Å². The van der Waals surface area contributed by atoms with E-state index in [1.54, 1.807) is 35.0 Å². The van der Waals surface area contributed by atoms with E-state index in [4.69, 9.17) is 0 Å². The van der Waals surface area contributed by atoms with Crippen LogP contribution in [0.2, 0.25) is 0 Å². The number of aliphatic hydroxyl groups excluding tert-OH is 1. The van der Waals surface area contributed by atoms with Crippen molar-refractivity contribution >= 4 is 17.7 Å². The van der Waals surface area contributed by atoms with E-state index in [0.29, 0.717) is 41.7 Å². The highest BCUT2D eigenvalue weighted by Crippen LogP contribution is 2.23. The lowest BCUT2D eigenvalue weighted by Gasteiger charge is -2.27. The quantitative estimate of drug-likeness (QED) is 0.126. The Balaban J connectivity index is 1.56. The fraction of sp³-hybridized carbons (Fsp3) is 0.343. The molecule has 45 heavy (non-hydrogen) atoms. The van der Waals surface area contributed by atoms with Gasteiger partial charge in [0.25, 0.3) is 5.56 Å². The van der Waals surface area contributed by atoms with E-state index in [9.17, 15) is 23.5 Å². The molecule has 238 valence electrons. The summed E-state index contributed by atoms with van der Waals surface area (Å²) in [5.41, 5.74) is 4.35. The number of nitrogens with zero attached hydrogens (tertiary/aromatic N) is 4. The van der Waals surface area contributed by atoms with E-state index in [-0.39, 0.29) is 31.3 Å². The molecule has 4 rings (SSSR count). The Morgan fingerprint density at radius 3 is 2.07 bits per heavy atom. The Labute approximate surface area is 267 Å². The molecule has 0 spiro atoms. The molecular formula is C35H40F2N4O3S. The van der Waals surface area contributed by atoms with Crippen LogP contribution in [-0.4, -0.2) is 63.2 Å². The molecule has 0 saturated carbocycles. The van der Waals surface area contributed by atoms with Gasteiger partial charge in [0.15, 0.2) is 5.16 Å². The predicted molar refractivity (Wildman–Crippen MR) is 175 cm³/mol. The third-order valence-electron chi connectivity index (χ3n) is 7.70. The summed E-state index contributed by atoms with van der Waals surface area (Å²) >= 11 is 1.30. The lowest BCUT2D eigenvalue weighted by molar-refractivity contribution is -0.132. The molecule has 4 aromatic rings. The van der Waals surface area contributed by atoms with Crippen molar-refractivity contribution in [1.82, 2.24) is 19.4 Å². The van der Waals surface area contributed by atoms with Crippen LogP contribution < -0.4 is 5.56 Å². The first-order valence-corrected chi connectivity index (χ1v) is 16.1. The van der Waals surface area contributed by atoms with E-state index in [2.05, 4.69) is 23.7 Å². The summed E-state index contributed by atoms with van der Waals surface area (Å²) in [6, 6.07) is 21.5. The van der Waals surface area contributed by atoms with E-state index >= 15 is 0 Å². The average molecular weight is 635 g/mol. The van der Waals surface area contributed by atoms with Gasteiger partial charge < -0.3 is 19.5 Å². The maximum atomic E-state index is 13.9. The Bertz CT molecular complexity index is 1580. The van der Waals surface area contributed by atoms with Gasteiger partial charge in [0, 0.05) is 50.2 Å². The monoisotopic (exact) mass is 634 g/mol. The maximum Gasteiger partial charge on any atom is 0.276 e. The molecular weight excluding hydrogens is 594 g/mol. The van der Waals surface area contributed by atoms with Crippen LogP contribution in [0.25, 0.3) is 11.1 Å². The van der Waals surface area contributed by atoms with Crippen molar-refractivity contribution in [3.8, 4) is 11.1 Å². The van der Waals surface area contributed by atoms with Gasteiger partial charge in [-0.1, -0.05) is 86.3 Å². The van der Waals surface area contributed by atoms with Crippen molar-refractivity contribution in [3.05, 3.63) is 117 Å². The van der Waals surface area contributed by atoms with Crippen LogP contribution >= 0.6 is 11.8 Å². The van der Waals surface area contributed by atoms with Crippen LogP contribution in [0.3, 0.4) is 0 Å². The molecule has 0 fully saturated rings. The highest BCUT2D eigenvalue weighted by Gasteiger charge is 2.19. The molecule has 0 atom stereocenters. The van der Waals surface area contributed by atoms with Gasteiger partial charge in [0.05, 0.1) is 0 Å². The molecule has 0 radical (unpaired) electrons. The lowest BCUT2D eigenvalue weighted by atomic mass is 10.0. The van der Waals surface area contributed by atoms with Crippen molar-refractivity contribution in [2.75, 3.05) is 32.8 Å². The lowest BCUT2D eigenvalue weighted by Crippen LogP contribution is -2.40. The minimum atomic E-state index is -0.497. The van der Waals surface area contributed by atoms with Crippen molar-refractivity contribution in [3.63, 3.8) is 0 Å². The number of benzene rings is 3. The Kier molecular flexibility index (Phi) is 12.9. The maximum absolute atomic E-state index is 13.9. The minimum absolute atomic E-state index is 0.0330. The number of alkyl halides is 1. The molecule has 1 aromatic heterocycles. The van der Waals surface area contributed by atoms with Gasteiger partial charge in [0.2, 0.25) is 5.91 Å². The number of likely N-dealkylation sites (N-methyl/N-ethyl adjacent to an activating group) is 1. The second-order valence-corrected chi connectivity index (χ2v) is 11.7. The van der Waals surface area contributed by atoms with Gasteiger partial charge in [-0.15, -0.1) is 0 Å². The zero-order valence-corrected chi connectivity index (χ0v) is 26.6. The first-order valence-electron chi connectivity index (χ1n) is 15.2. The number of halogens is 2. The molecule has 0 aliphatic carbocycles. The van der Waals surface area contributed by atoms with Gasteiger partial charge in [-0.2, -0.15) is 4.98 Å². The third kappa shape index (κ3) is 9.81. The van der Waals surface area contributed by atoms with Crippen LogP contribution in [0.4, 0.5) is 8.78 Å². The molecule has 0 aliphatic heterocycles. The SMILES string of the molecule is CCN(CC)CCN(Cc1ccc(-c2ccc(CF)cc2)cc1)C(=O)Cn1cc(CCO)c(=O)nc1SCc1ccc(F)cc1. The van der Waals surface area contributed by atoms with E-state index in [0.717, 1.165) is 35.3 Å². The van der Waals surface area contributed by atoms with Crippen LogP contribution in [0.15, 0.2) is 88.9 Å². The second-order valence-electron chi connectivity index (χ2n) is 10.7. The number of aliphatic hydroxyl groups is 1. The van der Waals surface area contributed by atoms with E-state index in [1.165, 1.54) is 23.9 Å². The third-order valence-corrected chi connectivity index (χ3v) is 8.76. The zero-order valence-electron chi connectivity index (χ0n) is 25.8. The molecule has 10 heteroatoms. The highest BCUT2D eigenvalue weighted by atomic mass is 32.2. The van der Waals surface area contributed by atoms with Gasteiger partial charge >= 0.3 is 0 Å². The first kappa shape index (κ1) is 34.0. The summed E-state index contributed by atoms with van der Waals surface area (Å²) < 4.78 is 28.0. The van der Waals surface area contributed by atoms with Crippen LogP contribution in [0.1, 0.15) is 36.1 Å². The first-order chi connectivity index (χ1) is 21.8. The minimum Gasteiger partial charge on any atom is -0.396 e. The summed E-state index contributed by atoms with van der Waals surface area (Å²) in [5, 5.41) is 9.87. The van der Waals surface area contributed by atoms with Gasteiger partial charge in [-0.3, -0.25) is 9.59 Å². The van der Waals surface area contributed by atoms with Crippen LogP contribution in [-0.2, 0) is 36.7 Å². The summed E-state index contributed by atoms with van der Waals surface area (Å²) in [4.78, 5) is 34.9. The number of carbonyl (C=O) groups is 1. The number of carbonyl (C=O) groups excluding carboxylic acids is 1. The van der Waals surface area contributed by atoms with Crippen LogP contribution in [0.5, 0.6) is 0 Å². The Hall–Kier alpha value is -3.86. The molecule has 7 nitrogen and oxygen atoms in total. The zero-order chi connectivity index (χ0) is 32.2. The van der Waals surface area contributed by atoms with E-state index in [1.807, 2.05) is 41.3 Å². The Morgan fingerprint density at radius 1 is 0.889 bits per heavy atom. The fourth-order valence-electron chi connectivity index (χ4n) is 4.92. The summed E-state index contributed by atoms with van der Waals surface area (Å²) in [7, 11) is 0. The molecule has 1 amide bonds. The predicted octanol–water partition coefficient (Wildman–Crippen LogP) is 5.72. The number of rotatable bonds is 16. The summed E-state index contributed by atoms with van der Waals surface area (Å²) in [6.07, 6.45) is 1.75. The number of hydrogen-bond acceptors (Lipinski definition) is 6. The second kappa shape index (κ2) is 17.0. The molecule has 0 unspecified atom stereocenters. The fourth-order valence-corrected chi connectivity index (χ4v) is 5.84. The molecule has 0 aliphatic rings. The largest absolute Gasteiger partial charge is 0.396 e. The highest BCUT2D eigenvalue weighted by molar-refractivity contribution is 7.98. The number of thioether (sulfide) groups is 1. The molecule has 0 bridgehead atoms. The van der Waals surface area contributed by atoms with Crippen molar-refractivity contribution in [1.29, 1.82) is 0 Å². The Morgan fingerprint density at radius 2 is 1.49 bits per heavy atom. The number of hydrogen-bond donors (Lipinski definition) is 1. The number of aromatic nitrogens is 2. The smallest absolute Gasteiger partial charge is 0.276 e. The van der Waals surface area contributed by atoms with Gasteiger partial charge in [0.1, 0.15) is 19.0 Å². The summed E-state index contributed by atoms with van der Waals surface area (Å²) in [6.45, 7) is 6.80. The molecule has 0 saturated heterocycles. The van der Waals surface area contributed by atoms with Crippen LogP contribution in [0, 0.1) is 5.82 Å². The van der Waals surface area contributed by atoms with Crippen molar-refractivity contribution in [2.45, 2.75) is 50.9 Å². The van der Waals surface area contributed by atoms with Crippen molar-refractivity contribution in [2.24, 2.45) is 0 Å². The molecule has 1 N–H and O–H groups in total. The normalized spacial score (nSPS) is 11.2. The summed E-state index contributed by atoms with van der Waals surface area (Å²) in [5.74, 6) is -0.0177. The topological polar surface area (TPSA) is 78.7 Å². The standard InChI is InChI=1S/C35H40F2N4O3S/c1-3-39(4-2)18-19-40(22-27-7-13-30(14-8-27)29-11-5-26(21-36)6-12-29)33(43)24-41-23-31(17-20-42)34(44)38-35(41)45-25-28-9-15-32(37)16-10-28/h5-16,23,42H,3-4,17-22,24-25H2,1-2H3. The molecule has 3 aromatic carbocycles. The molecule has 1 heterocycles. The number of amides is 1. The van der Waals surface area contributed by atoms with E-state index < -0.39 is 12.2 Å². The average Bonchev–Trinajstić information content (AvgIpc) is 3.06. The van der Waals surface area contributed by atoms with Crippen molar-refractivity contribution < 1.29 is 18.7 Å². The van der Waals surface area contributed by atoms with Gasteiger partial charge in [-0.05, 0) is 53.0 Å².